The summed E-state index contributed by atoms with van der Waals surface area (Å²) in [4.78, 5) is 0. The lowest BCUT2D eigenvalue weighted by Gasteiger charge is -2.09. The summed E-state index contributed by atoms with van der Waals surface area (Å²) < 4.78 is 20.1. The molecule has 4 heteroatoms. The maximum Gasteiger partial charge on any atom is 0.147 e. The number of para-hydroxylation sites is 1. The van der Waals surface area contributed by atoms with Crippen molar-refractivity contribution in [2.24, 2.45) is 0 Å². The Bertz CT molecular complexity index is 607. The van der Waals surface area contributed by atoms with E-state index in [0.717, 1.165) is 4.47 Å². The third kappa shape index (κ3) is 2.69. The highest BCUT2D eigenvalue weighted by atomic mass is 79.9. The molecule has 2 rings (SSSR count). The van der Waals surface area contributed by atoms with Crippen molar-refractivity contribution in [1.82, 2.24) is 0 Å². The Morgan fingerprint density at radius 2 is 1.94 bits per heavy atom. The molecule has 2 aromatic carbocycles. The SMILES string of the molecule is N#Cc1cccc(COc2ccccc2Br)c1F. The van der Waals surface area contributed by atoms with Crippen LogP contribution in [0.25, 0.3) is 0 Å². The van der Waals surface area contributed by atoms with E-state index in [1.54, 1.807) is 24.3 Å². The van der Waals surface area contributed by atoms with E-state index in [9.17, 15) is 4.39 Å². The summed E-state index contributed by atoms with van der Waals surface area (Å²) >= 11 is 3.35. The highest BCUT2D eigenvalue weighted by Crippen LogP contribution is 2.25. The Hall–Kier alpha value is -1.86. The Morgan fingerprint density at radius 3 is 2.67 bits per heavy atom. The molecule has 0 aliphatic rings. The second-order valence-electron chi connectivity index (χ2n) is 3.61. The molecule has 18 heavy (non-hydrogen) atoms. The van der Waals surface area contributed by atoms with Gasteiger partial charge in [-0.2, -0.15) is 5.26 Å². The fourth-order valence-corrected chi connectivity index (χ4v) is 1.89. The highest BCUT2D eigenvalue weighted by Gasteiger charge is 2.08. The largest absolute Gasteiger partial charge is 0.488 e. The van der Waals surface area contributed by atoms with Crippen LogP contribution in [0.4, 0.5) is 4.39 Å². The summed E-state index contributed by atoms with van der Waals surface area (Å²) in [5, 5.41) is 8.73. The Labute approximate surface area is 113 Å². The molecule has 0 saturated carbocycles. The third-order valence-corrected chi connectivity index (χ3v) is 3.07. The van der Waals surface area contributed by atoms with E-state index < -0.39 is 5.82 Å². The van der Waals surface area contributed by atoms with Gasteiger partial charge in [-0.05, 0) is 34.1 Å². The van der Waals surface area contributed by atoms with E-state index in [-0.39, 0.29) is 12.2 Å². The van der Waals surface area contributed by atoms with Crippen LogP contribution in [0.2, 0.25) is 0 Å². The molecule has 0 amide bonds. The number of benzene rings is 2. The molecule has 0 bridgehead atoms. The lowest BCUT2D eigenvalue weighted by Crippen LogP contribution is -2.00. The molecule has 0 aliphatic heterocycles. The second-order valence-corrected chi connectivity index (χ2v) is 4.46. The van der Waals surface area contributed by atoms with Crippen LogP contribution in [0, 0.1) is 17.1 Å². The minimum atomic E-state index is -0.521. The zero-order valence-electron chi connectivity index (χ0n) is 9.36. The van der Waals surface area contributed by atoms with Crippen LogP contribution >= 0.6 is 15.9 Å². The molecule has 0 fully saturated rings. The zero-order chi connectivity index (χ0) is 13.0. The van der Waals surface area contributed by atoms with Crippen molar-refractivity contribution >= 4 is 15.9 Å². The first kappa shape index (κ1) is 12.6. The monoisotopic (exact) mass is 305 g/mol. The molecule has 0 heterocycles. The summed E-state index contributed by atoms with van der Waals surface area (Å²) in [6.45, 7) is 0.0873. The maximum absolute atomic E-state index is 13.8. The van der Waals surface area contributed by atoms with Crippen LogP contribution in [0.5, 0.6) is 5.75 Å². The molecule has 0 unspecified atom stereocenters. The lowest BCUT2D eigenvalue weighted by molar-refractivity contribution is 0.298. The average Bonchev–Trinajstić information content (AvgIpc) is 2.39. The van der Waals surface area contributed by atoms with Gasteiger partial charge in [-0.3, -0.25) is 0 Å². The molecule has 0 radical (unpaired) electrons. The van der Waals surface area contributed by atoms with Crippen molar-refractivity contribution in [1.29, 1.82) is 5.26 Å². The predicted molar refractivity (Wildman–Crippen MR) is 69.6 cm³/mol. The first-order valence-corrected chi connectivity index (χ1v) is 6.06. The Kier molecular flexibility index (Phi) is 3.96. The summed E-state index contributed by atoms with van der Waals surface area (Å²) in [6.07, 6.45) is 0. The molecule has 0 spiro atoms. The van der Waals surface area contributed by atoms with Crippen molar-refractivity contribution in [3.05, 3.63) is 63.9 Å². The van der Waals surface area contributed by atoms with E-state index in [4.69, 9.17) is 10.00 Å². The fourth-order valence-electron chi connectivity index (χ4n) is 1.49. The van der Waals surface area contributed by atoms with E-state index >= 15 is 0 Å². The van der Waals surface area contributed by atoms with Crippen molar-refractivity contribution in [3.8, 4) is 11.8 Å². The van der Waals surface area contributed by atoms with Gasteiger partial charge < -0.3 is 4.74 Å². The molecule has 0 atom stereocenters. The van der Waals surface area contributed by atoms with Gasteiger partial charge in [0.2, 0.25) is 0 Å². The highest BCUT2D eigenvalue weighted by molar-refractivity contribution is 9.10. The van der Waals surface area contributed by atoms with Gasteiger partial charge in [-0.15, -0.1) is 0 Å². The van der Waals surface area contributed by atoms with E-state index in [2.05, 4.69) is 15.9 Å². The van der Waals surface area contributed by atoms with Crippen molar-refractivity contribution in [3.63, 3.8) is 0 Å². The van der Waals surface area contributed by atoms with E-state index in [1.165, 1.54) is 6.07 Å². The number of nitriles is 1. The summed E-state index contributed by atoms with van der Waals surface area (Å²) in [5.41, 5.74) is 0.396. The number of hydrogen-bond acceptors (Lipinski definition) is 2. The molecule has 2 aromatic rings. The van der Waals surface area contributed by atoms with Gasteiger partial charge in [0, 0.05) is 5.56 Å². The molecule has 0 saturated heterocycles. The summed E-state index contributed by atoms with van der Waals surface area (Å²) in [5.74, 6) is 0.117. The van der Waals surface area contributed by atoms with E-state index in [0.29, 0.717) is 11.3 Å². The molecule has 0 N–H and O–H groups in total. The first-order chi connectivity index (χ1) is 8.72. The minimum absolute atomic E-state index is 0.0308. The summed E-state index contributed by atoms with van der Waals surface area (Å²) in [7, 11) is 0. The smallest absolute Gasteiger partial charge is 0.147 e. The molecule has 90 valence electrons. The van der Waals surface area contributed by atoms with Gasteiger partial charge in [-0.1, -0.05) is 24.3 Å². The number of hydrogen-bond donors (Lipinski definition) is 0. The topological polar surface area (TPSA) is 33.0 Å². The molecule has 0 aliphatic carbocycles. The average molecular weight is 306 g/mol. The number of nitrogens with zero attached hydrogens (tertiary/aromatic N) is 1. The molecular weight excluding hydrogens is 297 g/mol. The van der Waals surface area contributed by atoms with Crippen LogP contribution in [-0.2, 0) is 6.61 Å². The standard InChI is InChI=1S/C14H9BrFNO/c15-12-6-1-2-7-13(12)18-9-11-5-3-4-10(8-17)14(11)16/h1-7H,9H2. The van der Waals surface area contributed by atoms with Gasteiger partial charge in [-0.25, -0.2) is 4.39 Å². The number of ether oxygens (including phenoxy) is 1. The normalized spacial score (nSPS) is 9.83. The van der Waals surface area contributed by atoms with Gasteiger partial charge in [0.25, 0.3) is 0 Å². The maximum atomic E-state index is 13.8. The van der Waals surface area contributed by atoms with Crippen LogP contribution in [0.3, 0.4) is 0 Å². The summed E-state index contributed by atoms with van der Waals surface area (Å²) in [6, 6.07) is 13.8. The van der Waals surface area contributed by atoms with Crippen LogP contribution < -0.4 is 4.74 Å². The van der Waals surface area contributed by atoms with Crippen LogP contribution in [0.15, 0.2) is 46.9 Å². The Morgan fingerprint density at radius 1 is 1.17 bits per heavy atom. The second kappa shape index (κ2) is 5.65. The van der Waals surface area contributed by atoms with Gasteiger partial charge >= 0.3 is 0 Å². The predicted octanol–water partition coefficient (Wildman–Crippen LogP) is 4.04. The van der Waals surface area contributed by atoms with Crippen LogP contribution in [-0.4, -0.2) is 0 Å². The number of halogens is 2. The Balaban J connectivity index is 2.17. The molecule has 0 aromatic heterocycles. The van der Waals surface area contributed by atoms with Crippen molar-refractivity contribution in [2.45, 2.75) is 6.61 Å². The van der Waals surface area contributed by atoms with Crippen molar-refractivity contribution in [2.75, 3.05) is 0 Å². The van der Waals surface area contributed by atoms with E-state index in [1.807, 2.05) is 18.2 Å². The van der Waals surface area contributed by atoms with Gasteiger partial charge in [0.05, 0.1) is 10.0 Å². The lowest BCUT2D eigenvalue weighted by atomic mass is 10.1. The first-order valence-electron chi connectivity index (χ1n) is 5.27. The molecular formula is C14H9BrFNO. The van der Waals surface area contributed by atoms with Gasteiger partial charge in [0.1, 0.15) is 24.2 Å². The fraction of sp³-hybridized carbons (Fsp3) is 0.0714. The zero-order valence-corrected chi connectivity index (χ0v) is 10.9. The quantitative estimate of drug-likeness (QED) is 0.857. The van der Waals surface area contributed by atoms with Crippen molar-refractivity contribution < 1.29 is 9.13 Å². The van der Waals surface area contributed by atoms with Crippen LogP contribution in [0.1, 0.15) is 11.1 Å². The minimum Gasteiger partial charge on any atom is -0.488 e. The number of rotatable bonds is 3. The van der Waals surface area contributed by atoms with Gasteiger partial charge in [0.15, 0.2) is 0 Å². The third-order valence-electron chi connectivity index (χ3n) is 2.42. The molecule has 2 nitrogen and oxygen atoms in total.